The Kier molecular flexibility index (Phi) is 6.96. The molecule has 0 radical (unpaired) electrons. The number of phenols is 1. The minimum absolute atomic E-state index is 0.178. The van der Waals surface area contributed by atoms with Gasteiger partial charge in [0.2, 0.25) is 0 Å². The highest BCUT2D eigenvalue weighted by molar-refractivity contribution is 6.30. The molecule has 1 amide bonds. The molecule has 2 atom stereocenters. The van der Waals surface area contributed by atoms with Crippen LogP contribution in [0.15, 0.2) is 48.5 Å². The number of aromatic hydroxyl groups is 1. The third-order valence-electron chi connectivity index (χ3n) is 5.17. The molecule has 0 aliphatic rings. The van der Waals surface area contributed by atoms with Crippen LogP contribution in [0, 0.1) is 5.41 Å². The lowest BCUT2D eigenvalue weighted by atomic mass is 9.69. The smallest absolute Gasteiger partial charge is 0.405 e. The number of carbonyl (C=O) groups is 1. The van der Waals surface area contributed by atoms with E-state index in [1.807, 2.05) is 32.9 Å². The first-order valence-corrected chi connectivity index (χ1v) is 9.60. The maximum atomic E-state index is 11.8. The van der Waals surface area contributed by atoms with E-state index >= 15 is 0 Å². The summed E-state index contributed by atoms with van der Waals surface area (Å²) in [4.78, 5) is 11.8. The number of hydrogen-bond acceptors (Lipinski definition) is 4. The number of ether oxygens (including phenoxy) is 1. The second-order valence-electron chi connectivity index (χ2n) is 8.11. The average molecular weight is 406 g/mol. The lowest BCUT2D eigenvalue weighted by molar-refractivity contribution is -0.0985. The Morgan fingerprint density at radius 1 is 1.18 bits per heavy atom. The Morgan fingerprint density at radius 2 is 1.82 bits per heavy atom. The summed E-state index contributed by atoms with van der Waals surface area (Å²) in [6, 6.07) is 13.9. The SMILES string of the molecule is CC(C)(C)C(CCc1ccc(O)cc1)(C[C@@H](O)c1cccc(Cl)c1)OC(N)=O. The largest absolute Gasteiger partial charge is 0.508 e. The van der Waals surface area contributed by atoms with Crippen LogP contribution in [-0.2, 0) is 11.2 Å². The summed E-state index contributed by atoms with van der Waals surface area (Å²) in [5.41, 5.74) is 5.55. The van der Waals surface area contributed by atoms with Gasteiger partial charge >= 0.3 is 6.09 Å². The molecule has 2 aromatic rings. The van der Waals surface area contributed by atoms with Gasteiger partial charge in [-0.2, -0.15) is 0 Å². The molecule has 0 fully saturated rings. The van der Waals surface area contributed by atoms with Gasteiger partial charge < -0.3 is 20.7 Å². The van der Waals surface area contributed by atoms with Crippen LogP contribution in [0.4, 0.5) is 4.79 Å². The molecule has 0 saturated carbocycles. The highest BCUT2D eigenvalue weighted by Crippen LogP contribution is 2.44. The summed E-state index contributed by atoms with van der Waals surface area (Å²) >= 11 is 6.05. The molecule has 0 aliphatic heterocycles. The molecule has 1 unspecified atom stereocenters. The molecule has 152 valence electrons. The number of aliphatic hydroxyl groups is 1. The van der Waals surface area contributed by atoms with Gasteiger partial charge in [-0.1, -0.05) is 56.6 Å². The minimum Gasteiger partial charge on any atom is -0.508 e. The van der Waals surface area contributed by atoms with Crippen molar-refractivity contribution in [1.29, 1.82) is 0 Å². The molecule has 0 heterocycles. The van der Waals surface area contributed by atoms with Crippen molar-refractivity contribution in [3.8, 4) is 5.75 Å². The standard InChI is InChI=1S/C22H28ClNO4/c1-21(2,3)22(28-20(24)27,12-11-15-7-9-18(25)10-8-15)14-19(26)16-5-4-6-17(23)13-16/h4-10,13,19,25-26H,11-12,14H2,1-3H3,(H2,24,27)/t19-,22?/m1/s1. The van der Waals surface area contributed by atoms with Gasteiger partial charge in [0, 0.05) is 16.9 Å². The van der Waals surface area contributed by atoms with Gasteiger partial charge in [-0.15, -0.1) is 0 Å². The number of benzene rings is 2. The van der Waals surface area contributed by atoms with E-state index < -0.39 is 23.2 Å². The van der Waals surface area contributed by atoms with Gasteiger partial charge in [0.15, 0.2) is 0 Å². The fourth-order valence-corrected chi connectivity index (χ4v) is 3.57. The number of aryl methyl sites for hydroxylation is 1. The lowest BCUT2D eigenvalue weighted by Crippen LogP contribution is -2.49. The van der Waals surface area contributed by atoms with E-state index in [0.717, 1.165) is 5.56 Å². The van der Waals surface area contributed by atoms with Crippen LogP contribution in [0.5, 0.6) is 5.75 Å². The van der Waals surface area contributed by atoms with Crippen molar-refractivity contribution in [2.45, 2.75) is 51.7 Å². The third kappa shape index (κ3) is 5.63. The van der Waals surface area contributed by atoms with Crippen molar-refractivity contribution in [2.75, 3.05) is 0 Å². The van der Waals surface area contributed by atoms with Crippen molar-refractivity contribution < 1.29 is 19.7 Å². The number of carbonyl (C=O) groups excluding carboxylic acids is 1. The summed E-state index contributed by atoms with van der Waals surface area (Å²) in [5.74, 6) is 0.190. The predicted octanol–water partition coefficient (Wildman–Crippen LogP) is 4.98. The van der Waals surface area contributed by atoms with Crippen molar-refractivity contribution in [3.63, 3.8) is 0 Å². The van der Waals surface area contributed by atoms with E-state index in [-0.39, 0.29) is 12.2 Å². The van der Waals surface area contributed by atoms with E-state index in [1.165, 1.54) is 0 Å². The zero-order valence-corrected chi connectivity index (χ0v) is 17.2. The molecule has 0 aromatic heterocycles. The van der Waals surface area contributed by atoms with Crippen LogP contribution in [-0.4, -0.2) is 21.9 Å². The van der Waals surface area contributed by atoms with Crippen LogP contribution >= 0.6 is 11.6 Å². The third-order valence-corrected chi connectivity index (χ3v) is 5.41. The van der Waals surface area contributed by atoms with Crippen LogP contribution < -0.4 is 5.73 Å². The van der Waals surface area contributed by atoms with Crippen LogP contribution in [0.25, 0.3) is 0 Å². The number of aliphatic hydroxyl groups excluding tert-OH is 1. The molecule has 5 nitrogen and oxygen atoms in total. The van der Waals surface area contributed by atoms with Crippen molar-refractivity contribution >= 4 is 17.7 Å². The average Bonchev–Trinajstić information content (AvgIpc) is 2.59. The molecule has 4 N–H and O–H groups in total. The summed E-state index contributed by atoms with van der Waals surface area (Å²) in [6.07, 6.45) is -0.525. The summed E-state index contributed by atoms with van der Waals surface area (Å²) in [5, 5.41) is 20.9. The summed E-state index contributed by atoms with van der Waals surface area (Å²) in [7, 11) is 0. The normalized spacial score (nSPS) is 14.9. The summed E-state index contributed by atoms with van der Waals surface area (Å²) < 4.78 is 5.67. The molecular weight excluding hydrogens is 378 g/mol. The summed E-state index contributed by atoms with van der Waals surface area (Å²) in [6.45, 7) is 5.87. The van der Waals surface area contributed by atoms with Gasteiger partial charge in [0.1, 0.15) is 11.4 Å². The molecule has 0 bridgehead atoms. The number of rotatable bonds is 7. The first-order chi connectivity index (χ1) is 13.0. The zero-order chi connectivity index (χ0) is 20.9. The second kappa shape index (κ2) is 8.84. The van der Waals surface area contributed by atoms with Gasteiger partial charge in [0.25, 0.3) is 0 Å². The van der Waals surface area contributed by atoms with Crippen LogP contribution in [0.2, 0.25) is 5.02 Å². The number of nitrogens with two attached hydrogens (primary N) is 1. The van der Waals surface area contributed by atoms with E-state index in [0.29, 0.717) is 23.4 Å². The molecule has 28 heavy (non-hydrogen) atoms. The molecular formula is C22H28ClNO4. The van der Waals surface area contributed by atoms with E-state index in [2.05, 4.69) is 0 Å². The second-order valence-corrected chi connectivity index (χ2v) is 8.54. The number of halogens is 1. The Bertz CT molecular complexity index is 801. The Labute approximate surface area is 171 Å². The number of hydrogen-bond donors (Lipinski definition) is 3. The molecule has 2 rings (SSSR count). The molecule has 2 aromatic carbocycles. The number of amides is 1. The van der Waals surface area contributed by atoms with Crippen LogP contribution in [0.3, 0.4) is 0 Å². The lowest BCUT2D eigenvalue weighted by Gasteiger charge is -2.45. The number of primary amides is 1. The molecule has 6 heteroatoms. The van der Waals surface area contributed by atoms with Gasteiger partial charge in [-0.05, 0) is 48.2 Å². The Balaban J connectivity index is 2.32. The monoisotopic (exact) mass is 405 g/mol. The van der Waals surface area contributed by atoms with Crippen LogP contribution in [0.1, 0.15) is 50.8 Å². The van der Waals surface area contributed by atoms with Crippen molar-refractivity contribution in [1.82, 2.24) is 0 Å². The van der Waals surface area contributed by atoms with Crippen molar-refractivity contribution in [2.24, 2.45) is 11.1 Å². The van der Waals surface area contributed by atoms with Gasteiger partial charge in [-0.3, -0.25) is 0 Å². The Hall–Kier alpha value is -2.24. The molecule has 0 spiro atoms. The zero-order valence-electron chi connectivity index (χ0n) is 16.5. The highest BCUT2D eigenvalue weighted by atomic mass is 35.5. The fraction of sp³-hybridized carbons (Fsp3) is 0.409. The maximum absolute atomic E-state index is 11.8. The van der Waals surface area contributed by atoms with E-state index in [1.54, 1.807) is 36.4 Å². The fourth-order valence-electron chi connectivity index (χ4n) is 3.37. The molecule has 0 saturated heterocycles. The number of phenolic OH excluding ortho intramolecular Hbond substituents is 1. The maximum Gasteiger partial charge on any atom is 0.405 e. The first kappa shape index (κ1) is 22.1. The van der Waals surface area contributed by atoms with Gasteiger partial charge in [0.05, 0.1) is 6.10 Å². The van der Waals surface area contributed by atoms with Gasteiger partial charge in [-0.25, -0.2) is 4.79 Å². The predicted molar refractivity (Wildman–Crippen MR) is 110 cm³/mol. The highest BCUT2D eigenvalue weighted by Gasteiger charge is 2.46. The Morgan fingerprint density at radius 3 is 2.36 bits per heavy atom. The van der Waals surface area contributed by atoms with Crippen molar-refractivity contribution in [3.05, 3.63) is 64.7 Å². The van der Waals surface area contributed by atoms with E-state index in [4.69, 9.17) is 22.1 Å². The molecule has 0 aliphatic carbocycles. The first-order valence-electron chi connectivity index (χ1n) is 9.22. The quantitative estimate of drug-likeness (QED) is 0.605. The minimum atomic E-state index is -1.00. The topological polar surface area (TPSA) is 92.8 Å². The van der Waals surface area contributed by atoms with E-state index in [9.17, 15) is 15.0 Å².